The van der Waals surface area contributed by atoms with Crippen LogP contribution in [0.2, 0.25) is 0 Å². The summed E-state index contributed by atoms with van der Waals surface area (Å²) in [5.41, 5.74) is 2.77. The molecule has 0 aliphatic carbocycles. The van der Waals surface area contributed by atoms with Crippen LogP contribution in [-0.4, -0.2) is 22.3 Å². The van der Waals surface area contributed by atoms with E-state index in [2.05, 4.69) is 16.9 Å². The van der Waals surface area contributed by atoms with Gasteiger partial charge in [-0.25, -0.2) is 4.98 Å². The minimum atomic E-state index is -0.121. The average Bonchev–Trinajstić information content (AvgIpc) is 2.66. The highest BCUT2D eigenvalue weighted by Crippen LogP contribution is 2.19. The molecular weight excluding hydrogens is 344 g/mol. The van der Waals surface area contributed by atoms with Crippen LogP contribution < -0.4 is 10.3 Å². The second-order valence-corrected chi connectivity index (χ2v) is 7.10. The van der Waals surface area contributed by atoms with E-state index in [-0.39, 0.29) is 5.56 Å². The summed E-state index contributed by atoms with van der Waals surface area (Å²) in [6, 6.07) is 19.4. The molecule has 1 N–H and O–H groups in total. The molecule has 0 spiro atoms. The molecule has 2 aromatic carbocycles. The standard InChI is InChI=1S/C21H22N2O2S/c1-16-9-11-18(12-10-16)25-13-5-6-14-26-21-22-19(15-20(24)23-21)17-7-3-2-4-8-17/h2-4,7-12,15H,5-6,13-14H2,1H3,(H,22,23,24). The average molecular weight is 366 g/mol. The summed E-state index contributed by atoms with van der Waals surface area (Å²) < 4.78 is 5.73. The Balaban J connectivity index is 1.45. The van der Waals surface area contributed by atoms with Crippen molar-refractivity contribution >= 4 is 11.8 Å². The van der Waals surface area contributed by atoms with E-state index in [9.17, 15) is 4.79 Å². The number of benzene rings is 2. The van der Waals surface area contributed by atoms with Gasteiger partial charge in [-0.1, -0.05) is 59.8 Å². The fraction of sp³-hybridized carbons (Fsp3) is 0.238. The maximum atomic E-state index is 11.9. The predicted octanol–water partition coefficient (Wildman–Crippen LogP) is 4.70. The van der Waals surface area contributed by atoms with Gasteiger partial charge in [0.05, 0.1) is 12.3 Å². The van der Waals surface area contributed by atoms with Crippen molar-refractivity contribution in [3.05, 3.63) is 76.6 Å². The quantitative estimate of drug-likeness (QED) is 0.357. The van der Waals surface area contributed by atoms with Crippen LogP contribution in [-0.2, 0) is 0 Å². The Labute approximate surface area is 157 Å². The monoisotopic (exact) mass is 366 g/mol. The molecule has 0 atom stereocenters. The fourth-order valence-electron chi connectivity index (χ4n) is 2.46. The lowest BCUT2D eigenvalue weighted by molar-refractivity contribution is 0.310. The molecule has 0 unspecified atom stereocenters. The summed E-state index contributed by atoms with van der Waals surface area (Å²) in [5.74, 6) is 1.79. The van der Waals surface area contributed by atoms with Crippen molar-refractivity contribution in [1.82, 2.24) is 9.97 Å². The Hall–Kier alpha value is -2.53. The Bertz CT molecular complexity index is 877. The lowest BCUT2D eigenvalue weighted by Crippen LogP contribution is -2.08. The maximum absolute atomic E-state index is 11.9. The van der Waals surface area contributed by atoms with E-state index in [4.69, 9.17) is 4.74 Å². The molecule has 0 bridgehead atoms. The number of thioether (sulfide) groups is 1. The summed E-state index contributed by atoms with van der Waals surface area (Å²) >= 11 is 1.57. The van der Waals surface area contributed by atoms with Gasteiger partial charge in [-0.15, -0.1) is 0 Å². The first-order valence-corrected chi connectivity index (χ1v) is 9.68. The largest absolute Gasteiger partial charge is 0.494 e. The third-order valence-electron chi connectivity index (χ3n) is 3.86. The third kappa shape index (κ3) is 5.49. The summed E-state index contributed by atoms with van der Waals surface area (Å²) in [6.45, 7) is 2.75. The summed E-state index contributed by atoms with van der Waals surface area (Å²) in [6.07, 6.45) is 1.96. The number of hydrogen-bond acceptors (Lipinski definition) is 4. The highest BCUT2D eigenvalue weighted by molar-refractivity contribution is 7.99. The first kappa shape index (κ1) is 18.3. The first-order chi connectivity index (χ1) is 12.7. The van der Waals surface area contributed by atoms with Crippen LogP contribution in [0.25, 0.3) is 11.3 Å². The van der Waals surface area contributed by atoms with Gasteiger partial charge in [0, 0.05) is 17.4 Å². The number of ether oxygens (including phenoxy) is 1. The van der Waals surface area contributed by atoms with E-state index in [0.717, 1.165) is 29.9 Å². The molecule has 5 heteroatoms. The number of nitrogens with one attached hydrogen (secondary N) is 1. The minimum absolute atomic E-state index is 0.121. The van der Waals surface area contributed by atoms with E-state index in [1.807, 2.05) is 54.6 Å². The van der Waals surface area contributed by atoms with Crippen molar-refractivity contribution in [3.8, 4) is 17.0 Å². The number of aromatic amines is 1. The molecule has 3 rings (SSSR count). The molecule has 0 amide bonds. The van der Waals surface area contributed by atoms with Gasteiger partial charge in [0.25, 0.3) is 5.56 Å². The van der Waals surface area contributed by atoms with Gasteiger partial charge in [0.1, 0.15) is 5.75 Å². The number of hydrogen-bond donors (Lipinski definition) is 1. The molecule has 0 radical (unpaired) electrons. The molecule has 26 heavy (non-hydrogen) atoms. The van der Waals surface area contributed by atoms with Crippen molar-refractivity contribution in [1.29, 1.82) is 0 Å². The summed E-state index contributed by atoms with van der Waals surface area (Å²) in [7, 11) is 0. The van der Waals surface area contributed by atoms with E-state index >= 15 is 0 Å². The zero-order valence-corrected chi connectivity index (χ0v) is 15.6. The lowest BCUT2D eigenvalue weighted by atomic mass is 10.1. The van der Waals surface area contributed by atoms with Crippen molar-refractivity contribution in [2.45, 2.75) is 24.9 Å². The van der Waals surface area contributed by atoms with Crippen LogP contribution >= 0.6 is 11.8 Å². The van der Waals surface area contributed by atoms with Crippen LogP contribution in [0.15, 0.2) is 70.6 Å². The topological polar surface area (TPSA) is 55.0 Å². The summed E-state index contributed by atoms with van der Waals surface area (Å²) in [5, 5.41) is 0.663. The van der Waals surface area contributed by atoms with Gasteiger partial charge in [-0.3, -0.25) is 4.79 Å². The number of rotatable bonds is 8. The number of unbranched alkanes of at least 4 members (excludes halogenated alkanes) is 1. The number of aromatic nitrogens is 2. The summed E-state index contributed by atoms with van der Waals surface area (Å²) in [4.78, 5) is 19.2. The van der Waals surface area contributed by atoms with Crippen LogP contribution in [0, 0.1) is 6.92 Å². The highest BCUT2D eigenvalue weighted by Gasteiger charge is 2.04. The van der Waals surface area contributed by atoms with Gasteiger partial charge in [-0.2, -0.15) is 0 Å². The Morgan fingerprint density at radius 3 is 2.58 bits per heavy atom. The molecule has 0 aliphatic heterocycles. The molecular formula is C21H22N2O2S. The van der Waals surface area contributed by atoms with Crippen LogP contribution in [0.1, 0.15) is 18.4 Å². The molecule has 0 aliphatic rings. The van der Waals surface area contributed by atoms with Crippen LogP contribution in [0.5, 0.6) is 5.75 Å². The van der Waals surface area contributed by atoms with E-state index in [1.165, 1.54) is 11.6 Å². The maximum Gasteiger partial charge on any atom is 0.252 e. The number of H-pyrrole nitrogens is 1. The fourth-order valence-corrected chi connectivity index (χ4v) is 3.34. The van der Waals surface area contributed by atoms with Crippen molar-refractivity contribution in [2.24, 2.45) is 0 Å². The molecule has 0 saturated heterocycles. The van der Waals surface area contributed by atoms with Gasteiger partial charge in [0.2, 0.25) is 0 Å². The van der Waals surface area contributed by atoms with Crippen molar-refractivity contribution in [2.75, 3.05) is 12.4 Å². The Kier molecular flexibility index (Phi) is 6.50. The van der Waals surface area contributed by atoms with Crippen LogP contribution in [0.4, 0.5) is 0 Å². The van der Waals surface area contributed by atoms with Gasteiger partial charge in [-0.05, 0) is 31.9 Å². The molecule has 4 nitrogen and oxygen atoms in total. The zero-order chi connectivity index (χ0) is 18.2. The lowest BCUT2D eigenvalue weighted by Gasteiger charge is -2.07. The van der Waals surface area contributed by atoms with Crippen molar-refractivity contribution in [3.63, 3.8) is 0 Å². The second-order valence-electron chi connectivity index (χ2n) is 6.02. The second kappa shape index (κ2) is 9.25. The highest BCUT2D eigenvalue weighted by atomic mass is 32.2. The zero-order valence-electron chi connectivity index (χ0n) is 14.8. The van der Waals surface area contributed by atoms with Crippen molar-refractivity contribution < 1.29 is 4.74 Å². The SMILES string of the molecule is Cc1ccc(OCCCCSc2nc(-c3ccccc3)cc(=O)[nH]2)cc1. The molecule has 134 valence electrons. The van der Waals surface area contributed by atoms with E-state index in [1.54, 1.807) is 11.8 Å². The van der Waals surface area contributed by atoms with Gasteiger partial charge < -0.3 is 9.72 Å². The number of aryl methyl sites for hydroxylation is 1. The smallest absolute Gasteiger partial charge is 0.252 e. The Morgan fingerprint density at radius 2 is 1.81 bits per heavy atom. The van der Waals surface area contributed by atoms with Gasteiger partial charge in [0.15, 0.2) is 5.16 Å². The van der Waals surface area contributed by atoms with Crippen LogP contribution in [0.3, 0.4) is 0 Å². The molecule has 0 saturated carbocycles. The predicted molar refractivity (Wildman–Crippen MR) is 107 cm³/mol. The van der Waals surface area contributed by atoms with E-state index in [0.29, 0.717) is 17.5 Å². The molecule has 3 aromatic rings. The van der Waals surface area contributed by atoms with E-state index < -0.39 is 0 Å². The molecule has 1 aromatic heterocycles. The normalized spacial score (nSPS) is 10.7. The Morgan fingerprint density at radius 1 is 1.04 bits per heavy atom. The molecule has 1 heterocycles. The number of nitrogens with zero attached hydrogens (tertiary/aromatic N) is 1. The first-order valence-electron chi connectivity index (χ1n) is 8.70. The van der Waals surface area contributed by atoms with Gasteiger partial charge >= 0.3 is 0 Å². The third-order valence-corrected chi connectivity index (χ3v) is 4.82. The minimum Gasteiger partial charge on any atom is -0.494 e. The molecule has 0 fully saturated rings.